The van der Waals surface area contributed by atoms with Gasteiger partial charge in [-0.3, -0.25) is 9.59 Å². The lowest BCUT2D eigenvalue weighted by atomic mass is 10.1. The lowest BCUT2D eigenvalue weighted by Gasteiger charge is -2.15. The summed E-state index contributed by atoms with van der Waals surface area (Å²) < 4.78 is 0. The topological polar surface area (TPSA) is 49.4 Å². The van der Waals surface area contributed by atoms with Crippen LogP contribution in [0, 0.1) is 0 Å². The molecule has 2 amide bonds. The molecule has 0 aromatic heterocycles. The Kier molecular flexibility index (Phi) is 5.07. The molecule has 0 atom stereocenters. The molecule has 1 fully saturated rings. The summed E-state index contributed by atoms with van der Waals surface area (Å²) in [5.41, 5.74) is 1.54. The van der Waals surface area contributed by atoms with Crippen molar-refractivity contribution in [1.29, 1.82) is 0 Å². The number of hydrogen-bond acceptors (Lipinski definition) is 2. The van der Waals surface area contributed by atoms with Crippen molar-refractivity contribution in [3.63, 3.8) is 0 Å². The first-order valence-corrected chi connectivity index (χ1v) is 8.46. The first-order chi connectivity index (χ1) is 11.5. The zero-order valence-corrected chi connectivity index (χ0v) is 14.4. The van der Waals surface area contributed by atoms with Crippen LogP contribution in [0.5, 0.6) is 0 Å². The van der Waals surface area contributed by atoms with E-state index in [0.717, 1.165) is 25.9 Å². The normalized spacial score (nSPS) is 13.8. The molecule has 0 aliphatic carbocycles. The number of carbonyl (C=O) groups is 2. The van der Waals surface area contributed by atoms with E-state index in [1.54, 1.807) is 42.5 Å². The van der Waals surface area contributed by atoms with Gasteiger partial charge >= 0.3 is 0 Å². The largest absolute Gasteiger partial charge is 0.339 e. The van der Waals surface area contributed by atoms with E-state index in [2.05, 4.69) is 5.32 Å². The van der Waals surface area contributed by atoms with Gasteiger partial charge in [-0.2, -0.15) is 0 Å². The van der Waals surface area contributed by atoms with Crippen LogP contribution in [0.15, 0.2) is 42.5 Å². The van der Waals surface area contributed by atoms with Crippen LogP contribution < -0.4 is 5.32 Å². The first kappa shape index (κ1) is 16.8. The summed E-state index contributed by atoms with van der Waals surface area (Å²) in [7, 11) is 0. The molecule has 2 aromatic carbocycles. The van der Waals surface area contributed by atoms with Gasteiger partial charge in [-0.1, -0.05) is 23.2 Å². The Morgan fingerprint density at radius 3 is 2.17 bits per heavy atom. The first-order valence-electron chi connectivity index (χ1n) is 7.70. The molecule has 1 N–H and O–H groups in total. The molecule has 1 aliphatic rings. The van der Waals surface area contributed by atoms with Gasteiger partial charge in [0.1, 0.15) is 0 Å². The van der Waals surface area contributed by atoms with Crippen molar-refractivity contribution in [2.24, 2.45) is 0 Å². The number of nitrogens with zero attached hydrogens (tertiary/aromatic N) is 1. The fourth-order valence-electron chi connectivity index (χ4n) is 2.65. The van der Waals surface area contributed by atoms with Gasteiger partial charge in [0.05, 0.1) is 10.7 Å². The average molecular weight is 363 g/mol. The molecular weight excluding hydrogens is 347 g/mol. The van der Waals surface area contributed by atoms with Gasteiger partial charge in [0, 0.05) is 29.2 Å². The van der Waals surface area contributed by atoms with E-state index >= 15 is 0 Å². The number of carbonyl (C=O) groups excluding carboxylic acids is 2. The minimum absolute atomic E-state index is 0.0141. The zero-order valence-electron chi connectivity index (χ0n) is 12.9. The molecule has 1 saturated heterocycles. The summed E-state index contributed by atoms with van der Waals surface area (Å²) in [4.78, 5) is 26.4. The maximum Gasteiger partial charge on any atom is 0.255 e. The number of likely N-dealkylation sites (tertiary alicyclic amines) is 1. The monoisotopic (exact) mass is 362 g/mol. The number of benzene rings is 2. The lowest BCUT2D eigenvalue weighted by molar-refractivity contribution is 0.0792. The van der Waals surface area contributed by atoms with Crippen LogP contribution in [0.25, 0.3) is 0 Å². The Morgan fingerprint density at radius 2 is 1.54 bits per heavy atom. The van der Waals surface area contributed by atoms with Crippen molar-refractivity contribution in [2.75, 3.05) is 18.4 Å². The fraction of sp³-hybridized carbons (Fsp3) is 0.222. The van der Waals surface area contributed by atoms with Gasteiger partial charge in [0.2, 0.25) is 0 Å². The number of nitrogens with one attached hydrogen (secondary N) is 1. The highest BCUT2D eigenvalue weighted by Gasteiger charge is 2.19. The lowest BCUT2D eigenvalue weighted by Crippen LogP contribution is -2.27. The fourth-order valence-corrected chi connectivity index (χ4v) is 3.11. The highest BCUT2D eigenvalue weighted by atomic mass is 35.5. The third kappa shape index (κ3) is 3.71. The van der Waals surface area contributed by atoms with Crippen LogP contribution >= 0.6 is 23.2 Å². The Morgan fingerprint density at radius 1 is 0.917 bits per heavy atom. The minimum atomic E-state index is -0.292. The quantitative estimate of drug-likeness (QED) is 0.874. The van der Waals surface area contributed by atoms with E-state index in [9.17, 15) is 9.59 Å². The summed E-state index contributed by atoms with van der Waals surface area (Å²) >= 11 is 11.9. The number of anilines is 1. The standard InChI is InChI=1S/C18H16Cl2N2O2/c19-14-7-8-16(15(20)11-14)21-17(23)12-3-5-13(6-4-12)18(24)22-9-1-2-10-22/h3-8,11H,1-2,9-10H2,(H,21,23). The van der Waals surface area contributed by atoms with Gasteiger partial charge < -0.3 is 10.2 Å². The molecule has 0 radical (unpaired) electrons. The summed E-state index contributed by atoms with van der Waals surface area (Å²) in [6, 6.07) is 11.5. The Balaban J connectivity index is 1.70. The summed E-state index contributed by atoms with van der Waals surface area (Å²) in [6.07, 6.45) is 2.10. The van der Waals surface area contributed by atoms with Crippen molar-refractivity contribution >= 4 is 40.7 Å². The zero-order chi connectivity index (χ0) is 17.1. The van der Waals surface area contributed by atoms with Crippen molar-refractivity contribution in [1.82, 2.24) is 4.90 Å². The van der Waals surface area contributed by atoms with Crippen LogP contribution in [-0.4, -0.2) is 29.8 Å². The smallest absolute Gasteiger partial charge is 0.255 e. The van der Waals surface area contributed by atoms with Crippen molar-refractivity contribution in [3.05, 3.63) is 63.6 Å². The second kappa shape index (κ2) is 7.24. The molecule has 1 heterocycles. The molecule has 24 heavy (non-hydrogen) atoms. The van der Waals surface area contributed by atoms with Gasteiger partial charge in [0.15, 0.2) is 0 Å². The van der Waals surface area contributed by atoms with Gasteiger partial charge in [-0.25, -0.2) is 0 Å². The molecule has 124 valence electrons. The molecule has 3 rings (SSSR count). The van der Waals surface area contributed by atoms with Crippen LogP contribution in [0.4, 0.5) is 5.69 Å². The second-order valence-electron chi connectivity index (χ2n) is 5.65. The maximum absolute atomic E-state index is 12.3. The molecule has 6 heteroatoms. The van der Waals surface area contributed by atoms with Gasteiger partial charge in [-0.05, 0) is 55.3 Å². The van der Waals surface area contributed by atoms with E-state index in [0.29, 0.717) is 26.9 Å². The molecule has 0 spiro atoms. The molecule has 2 aromatic rings. The predicted molar refractivity (Wildman–Crippen MR) is 96.0 cm³/mol. The Bertz CT molecular complexity index is 769. The minimum Gasteiger partial charge on any atom is -0.339 e. The van der Waals surface area contributed by atoms with Crippen LogP contribution in [0.3, 0.4) is 0 Å². The molecular formula is C18H16Cl2N2O2. The maximum atomic E-state index is 12.3. The van der Waals surface area contributed by atoms with Crippen LogP contribution in [-0.2, 0) is 0 Å². The van der Waals surface area contributed by atoms with Crippen molar-refractivity contribution in [2.45, 2.75) is 12.8 Å². The van der Waals surface area contributed by atoms with Crippen LogP contribution in [0.2, 0.25) is 10.0 Å². The molecule has 0 unspecified atom stereocenters. The number of amides is 2. The average Bonchev–Trinajstić information content (AvgIpc) is 3.11. The second-order valence-corrected chi connectivity index (χ2v) is 6.50. The number of rotatable bonds is 3. The highest BCUT2D eigenvalue weighted by molar-refractivity contribution is 6.36. The molecule has 1 aliphatic heterocycles. The van der Waals surface area contributed by atoms with Crippen LogP contribution in [0.1, 0.15) is 33.6 Å². The van der Waals surface area contributed by atoms with E-state index < -0.39 is 0 Å². The number of hydrogen-bond donors (Lipinski definition) is 1. The van der Waals surface area contributed by atoms with E-state index in [-0.39, 0.29) is 11.8 Å². The van der Waals surface area contributed by atoms with E-state index in [4.69, 9.17) is 23.2 Å². The Hall–Kier alpha value is -2.04. The summed E-state index contributed by atoms with van der Waals surface area (Å²) in [6.45, 7) is 1.60. The van der Waals surface area contributed by atoms with E-state index in [1.165, 1.54) is 0 Å². The third-order valence-corrected chi connectivity index (χ3v) is 4.51. The number of halogens is 2. The van der Waals surface area contributed by atoms with Gasteiger partial charge in [0.25, 0.3) is 11.8 Å². The van der Waals surface area contributed by atoms with Crippen molar-refractivity contribution in [3.8, 4) is 0 Å². The summed E-state index contributed by atoms with van der Waals surface area (Å²) in [5.74, 6) is -0.278. The Labute approximate surface area is 150 Å². The molecule has 0 saturated carbocycles. The summed E-state index contributed by atoms with van der Waals surface area (Å²) in [5, 5.41) is 3.61. The molecule has 0 bridgehead atoms. The third-order valence-electron chi connectivity index (χ3n) is 3.97. The molecule has 4 nitrogen and oxygen atoms in total. The van der Waals surface area contributed by atoms with E-state index in [1.807, 2.05) is 4.90 Å². The highest BCUT2D eigenvalue weighted by Crippen LogP contribution is 2.26. The van der Waals surface area contributed by atoms with Crippen molar-refractivity contribution < 1.29 is 9.59 Å². The predicted octanol–water partition coefficient (Wildman–Crippen LogP) is 4.48. The SMILES string of the molecule is O=C(Nc1ccc(Cl)cc1Cl)c1ccc(C(=O)N2CCCC2)cc1. The van der Waals surface area contributed by atoms with Gasteiger partial charge in [-0.15, -0.1) is 0 Å².